The van der Waals surface area contributed by atoms with Crippen LogP contribution in [0.25, 0.3) is 0 Å². The lowest BCUT2D eigenvalue weighted by Gasteiger charge is -2.35. The average molecular weight is 479 g/mol. The van der Waals surface area contributed by atoms with Crippen LogP contribution in [0.3, 0.4) is 0 Å². The van der Waals surface area contributed by atoms with E-state index in [0.29, 0.717) is 6.07 Å². The molecule has 172 valence electrons. The predicted octanol–water partition coefficient (Wildman–Crippen LogP) is 3.61. The minimum absolute atomic E-state index is 0.00415. The Bertz CT molecular complexity index is 1340. The van der Waals surface area contributed by atoms with Crippen LogP contribution in [-0.2, 0) is 20.8 Å². The van der Waals surface area contributed by atoms with Gasteiger partial charge in [-0.3, -0.25) is 4.90 Å². The van der Waals surface area contributed by atoms with Crippen molar-refractivity contribution in [3.05, 3.63) is 70.4 Å². The molecule has 0 unspecified atom stereocenters. The highest BCUT2D eigenvalue weighted by molar-refractivity contribution is 7.90. The Morgan fingerprint density at radius 3 is 2.42 bits per heavy atom. The van der Waals surface area contributed by atoms with E-state index in [0.717, 1.165) is 29.4 Å². The monoisotopic (exact) mass is 479 g/mol. The molecule has 2 N–H and O–H groups in total. The molecule has 2 aromatic carbocycles. The van der Waals surface area contributed by atoms with Gasteiger partial charge >= 0.3 is 18.2 Å². The SMILES string of the molecule is CC1=C(C(=O)O)[C@H](c2ccc(C#N)cc2S(C)(=O)=O)NC(=O)N1c1cccc(C(F)(F)F)c1. The maximum Gasteiger partial charge on any atom is 0.416 e. The number of carbonyl (C=O) groups is 2. The van der Waals surface area contributed by atoms with E-state index in [1.165, 1.54) is 25.1 Å². The lowest BCUT2D eigenvalue weighted by Crippen LogP contribution is -2.48. The summed E-state index contributed by atoms with van der Waals surface area (Å²) in [7, 11) is -3.94. The third-order valence-corrected chi connectivity index (χ3v) is 6.15. The molecule has 1 aliphatic rings. The first-order valence-corrected chi connectivity index (χ1v) is 11.1. The van der Waals surface area contributed by atoms with E-state index in [9.17, 15) is 36.3 Å². The van der Waals surface area contributed by atoms with Crippen molar-refractivity contribution in [3.63, 3.8) is 0 Å². The summed E-state index contributed by atoms with van der Waals surface area (Å²) >= 11 is 0. The molecule has 12 heteroatoms. The Morgan fingerprint density at radius 2 is 1.88 bits per heavy atom. The summed E-state index contributed by atoms with van der Waals surface area (Å²) in [5, 5.41) is 21.3. The fourth-order valence-corrected chi connectivity index (χ4v) is 4.50. The van der Waals surface area contributed by atoms with Gasteiger partial charge in [0.15, 0.2) is 9.84 Å². The highest BCUT2D eigenvalue weighted by atomic mass is 32.2. The van der Waals surface area contributed by atoms with Gasteiger partial charge in [-0.15, -0.1) is 0 Å². The van der Waals surface area contributed by atoms with Crippen LogP contribution >= 0.6 is 0 Å². The predicted molar refractivity (Wildman–Crippen MR) is 110 cm³/mol. The second kappa shape index (κ2) is 8.25. The van der Waals surface area contributed by atoms with Gasteiger partial charge in [0, 0.05) is 12.0 Å². The number of amides is 2. The van der Waals surface area contributed by atoms with Crippen molar-refractivity contribution in [1.82, 2.24) is 5.32 Å². The summed E-state index contributed by atoms with van der Waals surface area (Å²) in [4.78, 5) is 25.5. The highest BCUT2D eigenvalue weighted by Crippen LogP contribution is 2.38. The lowest BCUT2D eigenvalue weighted by molar-refractivity contribution is -0.137. The van der Waals surface area contributed by atoms with Crippen LogP contribution in [-0.4, -0.2) is 31.8 Å². The van der Waals surface area contributed by atoms with Gasteiger partial charge in [0.05, 0.1) is 39.4 Å². The molecule has 33 heavy (non-hydrogen) atoms. The maximum atomic E-state index is 13.1. The normalized spacial score (nSPS) is 16.9. The second-order valence-electron chi connectivity index (χ2n) is 7.21. The van der Waals surface area contributed by atoms with Crippen molar-refractivity contribution in [3.8, 4) is 6.07 Å². The van der Waals surface area contributed by atoms with Crippen LogP contribution in [0.15, 0.2) is 58.6 Å². The molecule has 0 radical (unpaired) electrons. The first-order chi connectivity index (χ1) is 15.3. The van der Waals surface area contributed by atoms with Crippen LogP contribution in [0.4, 0.5) is 23.7 Å². The van der Waals surface area contributed by atoms with Crippen LogP contribution in [0.5, 0.6) is 0 Å². The Labute approximate surface area is 186 Å². The fraction of sp³-hybridized carbons (Fsp3) is 0.190. The van der Waals surface area contributed by atoms with Gasteiger partial charge in [0.2, 0.25) is 0 Å². The molecule has 2 amide bonds. The third kappa shape index (κ3) is 4.54. The molecule has 1 atom stereocenters. The van der Waals surface area contributed by atoms with E-state index in [1.54, 1.807) is 6.07 Å². The number of carbonyl (C=O) groups excluding carboxylic acids is 1. The number of nitriles is 1. The van der Waals surface area contributed by atoms with Crippen molar-refractivity contribution in [1.29, 1.82) is 5.26 Å². The number of hydrogen-bond acceptors (Lipinski definition) is 5. The number of carboxylic acid groups (broad SMARTS) is 1. The summed E-state index contributed by atoms with van der Waals surface area (Å²) in [6.45, 7) is 1.24. The number of urea groups is 1. The Kier molecular flexibility index (Phi) is 5.95. The topological polar surface area (TPSA) is 128 Å². The largest absolute Gasteiger partial charge is 0.478 e. The molecule has 0 bridgehead atoms. The number of alkyl halides is 3. The van der Waals surface area contributed by atoms with E-state index in [1.807, 2.05) is 0 Å². The number of hydrogen-bond donors (Lipinski definition) is 2. The molecule has 1 heterocycles. The van der Waals surface area contributed by atoms with E-state index in [-0.39, 0.29) is 27.4 Å². The van der Waals surface area contributed by atoms with E-state index < -0.39 is 45.2 Å². The molecular weight excluding hydrogens is 463 g/mol. The Hall–Kier alpha value is -3.85. The molecule has 3 rings (SSSR count). The maximum absolute atomic E-state index is 13.1. The van der Waals surface area contributed by atoms with Gasteiger partial charge < -0.3 is 10.4 Å². The minimum Gasteiger partial charge on any atom is -0.478 e. The van der Waals surface area contributed by atoms with Gasteiger partial charge in [-0.05, 0) is 42.8 Å². The number of allylic oxidation sites excluding steroid dienone is 1. The highest BCUT2D eigenvalue weighted by Gasteiger charge is 2.39. The molecule has 0 fully saturated rings. The number of benzene rings is 2. The number of nitrogens with zero attached hydrogens (tertiary/aromatic N) is 2. The van der Waals surface area contributed by atoms with Crippen LogP contribution < -0.4 is 10.2 Å². The number of aliphatic carboxylic acids is 1. The van der Waals surface area contributed by atoms with E-state index >= 15 is 0 Å². The van der Waals surface area contributed by atoms with E-state index in [2.05, 4.69) is 5.32 Å². The van der Waals surface area contributed by atoms with Gasteiger partial charge in [0.1, 0.15) is 0 Å². The summed E-state index contributed by atoms with van der Waals surface area (Å²) in [5.74, 6) is -1.52. The number of nitrogens with one attached hydrogen (secondary N) is 1. The third-order valence-electron chi connectivity index (χ3n) is 5.00. The summed E-state index contributed by atoms with van der Waals surface area (Å²) in [6.07, 6.45) is -3.82. The van der Waals surface area contributed by atoms with Gasteiger partial charge in [-0.25, -0.2) is 18.0 Å². The van der Waals surface area contributed by atoms with Gasteiger partial charge in [-0.1, -0.05) is 12.1 Å². The first kappa shape index (κ1) is 23.8. The number of sulfone groups is 1. The Morgan fingerprint density at radius 1 is 1.21 bits per heavy atom. The molecule has 0 saturated heterocycles. The van der Waals surface area contributed by atoms with Crippen LogP contribution in [0.2, 0.25) is 0 Å². The zero-order valence-electron chi connectivity index (χ0n) is 17.1. The van der Waals surface area contributed by atoms with Gasteiger partial charge in [-0.2, -0.15) is 18.4 Å². The van der Waals surface area contributed by atoms with Crippen molar-refractivity contribution in [2.75, 3.05) is 11.2 Å². The second-order valence-corrected chi connectivity index (χ2v) is 9.19. The molecule has 0 saturated carbocycles. The zero-order chi connectivity index (χ0) is 24.7. The number of rotatable bonds is 4. The summed E-state index contributed by atoms with van der Waals surface area (Å²) in [6, 6.07) is 6.74. The number of carboxylic acids is 1. The fourth-order valence-electron chi connectivity index (χ4n) is 3.55. The van der Waals surface area contributed by atoms with Gasteiger partial charge in [0.25, 0.3) is 0 Å². The molecular formula is C21H16F3N3O5S. The van der Waals surface area contributed by atoms with Crippen molar-refractivity contribution < 1.29 is 36.3 Å². The smallest absolute Gasteiger partial charge is 0.416 e. The average Bonchev–Trinajstić information content (AvgIpc) is 2.71. The van der Waals surface area contributed by atoms with E-state index in [4.69, 9.17) is 5.26 Å². The Balaban J connectivity index is 2.23. The quantitative estimate of drug-likeness (QED) is 0.690. The first-order valence-electron chi connectivity index (χ1n) is 9.21. The molecule has 0 aromatic heterocycles. The molecule has 1 aliphatic heterocycles. The number of anilines is 1. The number of halogens is 3. The van der Waals surface area contributed by atoms with Crippen molar-refractivity contribution in [2.24, 2.45) is 0 Å². The summed E-state index contributed by atoms with van der Waals surface area (Å²) in [5.41, 5.74) is -1.98. The zero-order valence-corrected chi connectivity index (χ0v) is 18.0. The molecule has 8 nitrogen and oxygen atoms in total. The minimum atomic E-state index is -4.69. The molecule has 0 aliphatic carbocycles. The van der Waals surface area contributed by atoms with Crippen LogP contribution in [0.1, 0.15) is 29.7 Å². The van der Waals surface area contributed by atoms with Crippen molar-refractivity contribution in [2.45, 2.75) is 24.0 Å². The lowest BCUT2D eigenvalue weighted by atomic mass is 9.94. The summed E-state index contributed by atoms with van der Waals surface area (Å²) < 4.78 is 64.0. The molecule has 2 aromatic rings. The van der Waals surface area contributed by atoms with Crippen molar-refractivity contribution >= 4 is 27.5 Å². The van der Waals surface area contributed by atoms with Crippen LogP contribution in [0, 0.1) is 11.3 Å². The standard InChI is InChI=1S/C21H16F3N3O5S/c1-11-17(19(28)29)18(15-7-6-12(10-25)8-16(15)33(2,31)32)26-20(30)27(11)14-5-3-4-13(9-14)21(22,23)24/h3-9,18H,1-2H3,(H,26,30)(H,28,29)/t18-/m0/s1. The molecule has 0 spiro atoms.